The summed E-state index contributed by atoms with van der Waals surface area (Å²) in [4.78, 5) is 0. The number of hydrogen-bond acceptors (Lipinski definition) is 3. The molecule has 6 heteroatoms. The summed E-state index contributed by atoms with van der Waals surface area (Å²) in [5.74, 6) is 0.978. The lowest BCUT2D eigenvalue weighted by Crippen LogP contribution is -2.15. The molecule has 0 fully saturated rings. The van der Waals surface area contributed by atoms with E-state index >= 15 is 0 Å². The van der Waals surface area contributed by atoms with E-state index in [0.29, 0.717) is 36.8 Å². The van der Waals surface area contributed by atoms with Crippen molar-refractivity contribution < 1.29 is 13.9 Å². The lowest BCUT2D eigenvalue weighted by atomic mass is 10.2. The predicted molar refractivity (Wildman–Crippen MR) is 83.9 cm³/mol. The Balaban J connectivity index is 1.80. The molecule has 0 aromatic heterocycles. The van der Waals surface area contributed by atoms with Crippen molar-refractivity contribution in [2.24, 2.45) is 0 Å². The highest BCUT2D eigenvalue weighted by molar-refractivity contribution is 9.10. The zero-order valence-corrected chi connectivity index (χ0v) is 13.3. The highest BCUT2D eigenvalue weighted by Gasteiger charge is 2.15. The zero-order valence-electron chi connectivity index (χ0n) is 11.0. The van der Waals surface area contributed by atoms with Crippen LogP contribution in [0.5, 0.6) is 11.5 Å². The van der Waals surface area contributed by atoms with Crippen LogP contribution in [0.3, 0.4) is 0 Å². The first-order valence-electron chi connectivity index (χ1n) is 6.41. The van der Waals surface area contributed by atoms with Crippen LogP contribution in [0.15, 0.2) is 34.8 Å². The Bertz CT molecular complexity index is 681. The van der Waals surface area contributed by atoms with Crippen LogP contribution in [0.1, 0.15) is 5.56 Å². The maximum absolute atomic E-state index is 13.8. The number of fused-ring (bicyclic) bond motifs is 1. The maximum Gasteiger partial charge on any atom is 0.163 e. The van der Waals surface area contributed by atoms with Gasteiger partial charge in [0.2, 0.25) is 0 Å². The summed E-state index contributed by atoms with van der Waals surface area (Å²) in [6, 6.07) is 8.62. The summed E-state index contributed by atoms with van der Waals surface area (Å²) in [5.41, 5.74) is 1.31. The molecule has 0 spiro atoms. The molecule has 2 aromatic carbocycles. The molecule has 0 saturated carbocycles. The monoisotopic (exact) mass is 371 g/mol. The third kappa shape index (κ3) is 3.09. The average molecular weight is 373 g/mol. The molecule has 1 N–H and O–H groups in total. The molecule has 110 valence electrons. The fraction of sp³-hybridized carbons (Fsp3) is 0.200. The minimum Gasteiger partial charge on any atom is -0.486 e. The Labute approximate surface area is 135 Å². The second-order valence-corrected chi connectivity index (χ2v) is 5.80. The average Bonchev–Trinajstić information content (AvgIpc) is 2.49. The fourth-order valence-corrected chi connectivity index (χ4v) is 2.73. The van der Waals surface area contributed by atoms with Crippen molar-refractivity contribution in [1.29, 1.82) is 0 Å². The summed E-state index contributed by atoms with van der Waals surface area (Å²) in [5, 5.41) is 3.29. The standard InChI is InChI=1S/C15H12BrClFNO2/c16-10-6-13-14(21-5-4-20-13)7-12(10)19-8-9-2-1-3-11(17)15(9)18/h1-3,6-7,19H,4-5,8H2. The first-order valence-corrected chi connectivity index (χ1v) is 7.58. The van der Waals surface area contributed by atoms with Crippen molar-refractivity contribution in [2.45, 2.75) is 6.54 Å². The van der Waals surface area contributed by atoms with Gasteiger partial charge in [0.15, 0.2) is 11.5 Å². The zero-order chi connectivity index (χ0) is 14.8. The molecule has 1 aliphatic heterocycles. The lowest BCUT2D eigenvalue weighted by molar-refractivity contribution is 0.171. The minimum absolute atomic E-state index is 0.121. The molecule has 3 nitrogen and oxygen atoms in total. The Hall–Kier alpha value is -1.46. The number of anilines is 1. The van der Waals surface area contributed by atoms with Crippen LogP contribution in [0, 0.1) is 5.82 Å². The van der Waals surface area contributed by atoms with Gasteiger partial charge in [0.25, 0.3) is 0 Å². The third-order valence-electron chi connectivity index (χ3n) is 3.13. The Morgan fingerprint density at radius 3 is 2.67 bits per heavy atom. The third-order valence-corrected chi connectivity index (χ3v) is 4.08. The van der Waals surface area contributed by atoms with Crippen molar-refractivity contribution in [3.63, 3.8) is 0 Å². The molecule has 1 aliphatic rings. The van der Waals surface area contributed by atoms with Crippen molar-refractivity contribution >= 4 is 33.2 Å². The van der Waals surface area contributed by atoms with E-state index in [-0.39, 0.29) is 5.02 Å². The largest absolute Gasteiger partial charge is 0.486 e. The van der Waals surface area contributed by atoms with Crippen LogP contribution in [0.2, 0.25) is 5.02 Å². The van der Waals surface area contributed by atoms with Gasteiger partial charge in [0.05, 0.1) is 10.7 Å². The van der Waals surface area contributed by atoms with E-state index in [1.807, 2.05) is 12.1 Å². The van der Waals surface area contributed by atoms with Crippen molar-refractivity contribution in [3.05, 3.63) is 51.2 Å². The van der Waals surface area contributed by atoms with Crippen LogP contribution in [0.25, 0.3) is 0 Å². The Kier molecular flexibility index (Phi) is 4.22. The molecule has 0 radical (unpaired) electrons. The molecular formula is C15H12BrClFNO2. The number of rotatable bonds is 3. The van der Waals surface area contributed by atoms with Gasteiger partial charge in [-0.2, -0.15) is 0 Å². The van der Waals surface area contributed by atoms with Crippen LogP contribution >= 0.6 is 27.5 Å². The molecule has 0 bridgehead atoms. The lowest BCUT2D eigenvalue weighted by Gasteiger charge is -2.20. The molecule has 0 unspecified atom stereocenters. The second kappa shape index (κ2) is 6.12. The summed E-state index contributed by atoms with van der Waals surface area (Å²) < 4.78 is 25.7. The second-order valence-electron chi connectivity index (χ2n) is 4.54. The minimum atomic E-state index is -0.402. The topological polar surface area (TPSA) is 30.5 Å². The number of halogens is 3. The van der Waals surface area contributed by atoms with Crippen LogP contribution in [-0.2, 0) is 6.54 Å². The molecule has 2 aromatic rings. The SMILES string of the molecule is Fc1c(Cl)cccc1CNc1cc2c(cc1Br)OCCO2. The number of ether oxygens (including phenoxy) is 2. The van der Waals surface area contributed by atoms with Gasteiger partial charge in [-0.05, 0) is 22.0 Å². The maximum atomic E-state index is 13.8. The Morgan fingerprint density at radius 2 is 1.90 bits per heavy atom. The Morgan fingerprint density at radius 1 is 1.19 bits per heavy atom. The molecule has 0 atom stereocenters. The van der Waals surface area contributed by atoms with Crippen molar-refractivity contribution in [2.75, 3.05) is 18.5 Å². The number of benzene rings is 2. The van der Waals surface area contributed by atoms with E-state index in [1.165, 1.54) is 6.07 Å². The molecule has 0 amide bonds. The summed E-state index contributed by atoms with van der Waals surface area (Å²) in [6.45, 7) is 1.39. The first-order chi connectivity index (χ1) is 10.1. The highest BCUT2D eigenvalue weighted by atomic mass is 79.9. The van der Waals surface area contributed by atoms with Gasteiger partial charge in [-0.1, -0.05) is 23.7 Å². The molecule has 0 aliphatic carbocycles. The highest BCUT2D eigenvalue weighted by Crippen LogP contribution is 2.38. The van der Waals surface area contributed by atoms with E-state index in [1.54, 1.807) is 12.1 Å². The summed E-state index contributed by atoms with van der Waals surface area (Å²) in [7, 11) is 0. The molecular weight excluding hydrogens is 361 g/mol. The molecule has 0 saturated heterocycles. The van der Waals surface area contributed by atoms with E-state index in [9.17, 15) is 4.39 Å². The van der Waals surface area contributed by atoms with Crippen molar-refractivity contribution in [1.82, 2.24) is 0 Å². The van der Waals surface area contributed by atoms with Gasteiger partial charge in [-0.15, -0.1) is 0 Å². The van der Waals surface area contributed by atoms with Gasteiger partial charge in [0.1, 0.15) is 19.0 Å². The fourth-order valence-electron chi connectivity index (χ4n) is 2.07. The van der Waals surface area contributed by atoms with Crippen molar-refractivity contribution in [3.8, 4) is 11.5 Å². The molecule has 21 heavy (non-hydrogen) atoms. The quantitative estimate of drug-likeness (QED) is 0.852. The number of hydrogen-bond donors (Lipinski definition) is 1. The van der Waals surface area contributed by atoms with Crippen LogP contribution in [0.4, 0.5) is 10.1 Å². The molecule has 1 heterocycles. The summed E-state index contributed by atoms with van der Waals surface area (Å²) in [6.07, 6.45) is 0. The van der Waals surface area contributed by atoms with E-state index in [4.69, 9.17) is 21.1 Å². The smallest absolute Gasteiger partial charge is 0.163 e. The summed E-state index contributed by atoms with van der Waals surface area (Å²) >= 11 is 9.24. The van der Waals surface area contributed by atoms with Gasteiger partial charge in [-0.25, -0.2) is 4.39 Å². The van der Waals surface area contributed by atoms with Gasteiger partial charge in [0, 0.05) is 28.7 Å². The predicted octanol–water partition coefficient (Wildman–Crippen LogP) is 4.62. The van der Waals surface area contributed by atoms with Gasteiger partial charge < -0.3 is 14.8 Å². The van der Waals surface area contributed by atoms with Crippen LogP contribution < -0.4 is 14.8 Å². The van der Waals surface area contributed by atoms with Gasteiger partial charge in [-0.3, -0.25) is 0 Å². The van der Waals surface area contributed by atoms with Gasteiger partial charge >= 0.3 is 0 Å². The van der Waals surface area contributed by atoms with Crippen LogP contribution in [-0.4, -0.2) is 13.2 Å². The first kappa shape index (κ1) is 14.5. The normalized spacial score (nSPS) is 13.1. The van der Waals surface area contributed by atoms with E-state index in [2.05, 4.69) is 21.2 Å². The number of nitrogens with one attached hydrogen (secondary N) is 1. The van der Waals surface area contributed by atoms with E-state index < -0.39 is 5.82 Å². The van der Waals surface area contributed by atoms with E-state index in [0.717, 1.165) is 10.2 Å². The molecule has 3 rings (SSSR count).